The first kappa shape index (κ1) is 13.1. The fourth-order valence-electron chi connectivity index (χ4n) is 1.52. The van der Waals surface area contributed by atoms with Gasteiger partial charge in [0.05, 0.1) is 10.6 Å². The topological polar surface area (TPSA) is 26.3 Å². The number of benzene rings is 2. The van der Waals surface area contributed by atoms with Crippen LogP contribution in [0.15, 0.2) is 40.9 Å². The van der Waals surface area contributed by atoms with Crippen molar-refractivity contribution in [3.63, 3.8) is 0 Å². The van der Waals surface area contributed by atoms with E-state index in [1.807, 2.05) is 25.1 Å². The van der Waals surface area contributed by atoms with Gasteiger partial charge in [-0.3, -0.25) is 4.79 Å². The highest BCUT2D eigenvalue weighted by Gasteiger charge is 2.09. The van der Waals surface area contributed by atoms with Crippen molar-refractivity contribution in [2.24, 2.45) is 0 Å². The molecule has 0 saturated carbocycles. The summed E-state index contributed by atoms with van der Waals surface area (Å²) in [5.41, 5.74) is 1.48. The Morgan fingerprint density at radius 1 is 1.28 bits per heavy atom. The molecule has 18 heavy (non-hydrogen) atoms. The smallest absolute Gasteiger partial charge is 0.156 e. The van der Waals surface area contributed by atoms with Gasteiger partial charge in [0.15, 0.2) is 12.0 Å². The molecule has 0 aliphatic heterocycles. The molecule has 92 valence electrons. The maximum atomic E-state index is 10.9. The molecule has 2 nitrogen and oxygen atoms in total. The number of halogens is 2. The van der Waals surface area contributed by atoms with Crippen LogP contribution in [-0.2, 0) is 0 Å². The summed E-state index contributed by atoms with van der Waals surface area (Å²) < 4.78 is 6.69. The monoisotopic (exact) mass is 324 g/mol. The van der Waals surface area contributed by atoms with Crippen LogP contribution in [0, 0.1) is 6.92 Å². The van der Waals surface area contributed by atoms with Crippen LogP contribution in [0.1, 0.15) is 15.9 Å². The second kappa shape index (κ2) is 5.55. The van der Waals surface area contributed by atoms with Crippen LogP contribution in [0.2, 0.25) is 5.02 Å². The third kappa shape index (κ3) is 2.74. The van der Waals surface area contributed by atoms with E-state index in [0.29, 0.717) is 22.1 Å². The molecule has 0 radical (unpaired) electrons. The molecule has 0 amide bonds. The van der Waals surface area contributed by atoms with Crippen molar-refractivity contribution >= 4 is 33.8 Å². The lowest BCUT2D eigenvalue weighted by Gasteiger charge is -2.10. The minimum Gasteiger partial charge on any atom is -0.455 e. The molecule has 0 aliphatic carbocycles. The van der Waals surface area contributed by atoms with E-state index in [2.05, 4.69) is 15.9 Å². The van der Waals surface area contributed by atoms with Gasteiger partial charge in [0.1, 0.15) is 5.75 Å². The highest BCUT2D eigenvalue weighted by Crippen LogP contribution is 2.33. The Bertz CT molecular complexity index is 596. The molecule has 0 spiro atoms. The summed E-state index contributed by atoms with van der Waals surface area (Å²) in [5, 5.41) is 0.417. The van der Waals surface area contributed by atoms with Gasteiger partial charge in [-0.25, -0.2) is 0 Å². The molecular formula is C14H10BrClO2. The lowest BCUT2D eigenvalue weighted by molar-refractivity contribution is 0.112. The van der Waals surface area contributed by atoms with Gasteiger partial charge in [0.2, 0.25) is 0 Å². The number of aryl methyl sites for hydroxylation is 1. The summed E-state index contributed by atoms with van der Waals surface area (Å²) in [6.45, 7) is 1.96. The highest BCUT2D eigenvalue weighted by molar-refractivity contribution is 9.10. The zero-order valence-electron chi connectivity index (χ0n) is 9.61. The molecule has 0 aromatic heterocycles. The lowest BCUT2D eigenvalue weighted by Crippen LogP contribution is -1.92. The van der Waals surface area contributed by atoms with Crippen molar-refractivity contribution in [3.05, 3.63) is 57.0 Å². The Labute approximate surface area is 119 Å². The van der Waals surface area contributed by atoms with Crippen LogP contribution < -0.4 is 4.74 Å². The standard InChI is InChI=1S/C14H10BrClO2/c1-9-7-11(5-6-12(9)15)18-14-10(8-17)3-2-4-13(14)16/h2-8H,1H3. The van der Waals surface area contributed by atoms with E-state index in [1.165, 1.54) is 0 Å². The third-order valence-corrected chi connectivity index (χ3v) is 3.66. The molecular weight excluding hydrogens is 316 g/mol. The van der Waals surface area contributed by atoms with Crippen LogP contribution in [-0.4, -0.2) is 6.29 Å². The molecule has 4 heteroatoms. The average Bonchev–Trinajstić information content (AvgIpc) is 2.36. The summed E-state index contributed by atoms with van der Waals surface area (Å²) in [6.07, 6.45) is 0.729. The summed E-state index contributed by atoms with van der Waals surface area (Å²) in [5.74, 6) is 1.03. The Morgan fingerprint density at radius 3 is 2.72 bits per heavy atom. The van der Waals surface area contributed by atoms with Crippen LogP contribution in [0.4, 0.5) is 0 Å². The van der Waals surface area contributed by atoms with Crippen molar-refractivity contribution in [2.45, 2.75) is 6.92 Å². The Hall–Kier alpha value is -1.32. The first-order chi connectivity index (χ1) is 8.61. The minimum absolute atomic E-state index is 0.385. The number of aldehydes is 1. The van der Waals surface area contributed by atoms with E-state index < -0.39 is 0 Å². The maximum absolute atomic E-state index is 10.9. The number of hydrogen-bond donors (Lipinski definition) is 0. The van der Waals surface area contributed by atoms with Crippen molar-refractivity contribution in [3.8, 4) is 11.5 Å². The second-order valence-corrected chi connectivity index (χ2v) is 5.05. The van der Waals surface area contributed by atoms with Gasteiger partial charge >= 0.3 is 0 Å². The number of para-hydroxylation sites is 1. The molecule has 0 bridgehead atoms. The van der Waals surface area contributed by atoms with E-state index in [1.54, 1.807) is 18.2 Å². The Balaban J connectivity index is 2.39. The minimum atomic E-state index is 0.385. The quantitative estimate of drug-likeness (QED) is 0.741. The molecule has 0 unspecified atom stereocenters. The lowest BCUT2D eigenvalue weighted by atomic mass is 10.2. The largest absolute Gasteiger partial charge is 0.455 e. The first-order valence-electron chi connectivity index (χ1n) is 5.29. The average molecular weight is 326 g/mol. The van der Waals surface area contributed by atoms with Crippen LogP contribution in [0.5, 0.6) is 11.5 Å². The van der Waals surface area contributed by atoms with Crippen molar-refractivity contribution in [1.29, 1.82) is 0 Å². The molecule has 2 aromatic carbocycles. The second-order valence-electron chi connectivity index (χ2n) is 3.79. The third-order valence-electron chi connectivity index (χ3n) is 2.47. The molecule has 0 saturated heterocycles. The van der Waals surface area contributed by atoms with Crippen LogP contribution in [0.25, 0.3) is 0 Å². The molecule has 0 aliphatic rings. The van der Waals surface area contributed by atoms with Gasteiger partial charge in [-0.05, 0) is 42.8 Å². The van der Waals surface area contributed by atoms with Gasteiger partial charge in [-0.1, -0.05) is 33.6 Å². The van der Waals surface area contributed by atoms with E-state index >= 15 is 0 Å². The number of carbonyl (C=O) groups is 1. The molecule has 2 rings (SSSR count). The van der Waals surface area contributed by atoms with E-state index in [4.69, 9.17) is 16.3 Å². The molecule has 0 fully saturated rings. The van der Waals surface area contributed by atoms with E-state index in [9.17, 15) is 4.79 Å². The van der Waals surface area contributed by atoms with Crippen molar-refractivity contribution in [1.82, 2.24) is 0 Å². The Kier molecular flexibility index (Phi) is 4.04. The number of hydrogen-bond acceptors (Lipinski definition) is 2. The fraction of sp³-hybridized carbons (Fsp3) is 0.0714. The van der Waals surface area contributed by atoms with Gasteiger partial charge in [0.25, 0.3) is 0 Å². The highest BCUT2D eigenvalue weighted by atomic mass is 79.9. The molecule has 2 aromatic rings. The van der Waals surface area contributed by atoms with Gasteiger partial charge in [0, 0.05) is 4.47 Å². The summed E-state index contributed by atoms with van der Waals surface area (Å²) in [4.78, 5) is 10.9. The predicted octanol–water partition coefficient (Wildman–Crippen LogP) is 5.02. The number of rotatable bonds is 3. The molecule has 0 N–H and O–H groups in total. The van der Waals surface area contributed by atoms with Gasteiger partial charge < -0.3 is 4.74 Å². The van der Waals surface area contributed by atoms with Crippen LogP contribution >= 0.6 is 27.5 Å². The van der Waals surface area contributed by atoms with Crippen molar-refractivity contribution < 1.29 is 9.53 Å². The van der Waals surface area contributed by atoms with Gasteiger partial charge in [-0.15, -0.1) is 0 Å². The summed E-state index contributed by atoms with van der Waals surface area (Å²) in [6, 6.07) is 10.7. The number of carbonyl (C=O) groups excluding carboxylic acids is 1. The summed E-state index contributed by atoms with van der Waals surface area (Å²) in [7, 11) is 0. The van der Waals surface area contributed by atoms with Crippen LogP contribution in [0.3, 0.4) is 0 Å². The predicted molar refractivity (Wildman–Crippen MR) is 75.8 cm³/mol. The normalized spacial score (nSPS) is 10.2. The van der Waals surface area contributed by atoms with E-state index in [-0.39, 0.29) is 0 Å². The molecule has 0 atom stereocenters. The zero-order chi connectivity index (χ0) is 13.1. The van der Waals surface area contributed by atoms with Gasteiger partial charge in [-0.2, -0.15) is 0 Å². The Morgan fingerprint density at radius 2 is 2.06 bits per heavy atom. The molecule has 0 heterocycles. The summed E-state index contributed by atoms with van der Waals surface area (Å²) >= 11 is 9.46. The number of ether oxygens (including phenoxy) is 1. The fourth-order valence-corrected chi connectivity index (χ4v) is 1.99. The van der Waals surface area contributed by atoms with E-state index in [0.717, 1.165) is 16.3 Å². The van der Waals surface area contributed by atoms with Crippen molar-refractivity contribution in [2.75, 3.05) is 0 Å². The maximum Gasteiger partial charge on any atom is 0.156 e. The SMILES string of the molecule is Cc1cc(Oc2c(Cl)cccc2C=O)ccc1Br. The first-order valence-corrected chi connectivity index (χ1v) is 6.46. The zero-order valence-corrected chi connectivity index (χ0v) is 12.0.